The van der Waals surface area contributed by atoms with Crippen molar-refractivity contribution in [2.75, 3.05) is 17.7 Å². The summed E-state index contributed by atoms with van der Waals surface area (Å²) in [4.78, 5) is 27.4. The van der Waals surface area contributed by atoms with Gasteiger partial charge in [-0.3, -0.25) is 9.59 Å². The fraction of sp³-hybridized carbons (Fsp3) is 0.0714. The van der Waals surface area contributed by atoms with Crippen LogP contribution in [0.5, 0.6) is 5.75 Å². The predicted molar refractivity (Wildman–Crippen MR) is 84.5 cm³/mol. The van der Waals surface area contributed by atoms with Crippen LogP contribution in [0.2, 0.25) is 10.2 Å². The summed E-state index contributed by atoms with van der Waals surface area (Å²) in [6.07, 6.45) is 1.47. The number of pyridine rings is 1. The average Bonchev–Trinajstić information content (AvgIpc) is 2.49. The van der Waals surface area contributed by atoms with Crippen LogP contribution in [0.1, 0.15) is 0 Å². The van der Waals surface area contributed by atoms with Crippen molar-refractivity contribution in [1.82, 2.24) is 4.98 Å². The van der Waals surface area contributed by atoms with Gasteiger partial charge in [-0.15, -0.1) is 0 Å². The molecule has 0 atom stereocenters. The SMILES string of the molecule is COc1ccc(NC(=O)C(=O)Nc2cccnc2Cl)cc1Cl. The normalized spacial score (nSPS) is 9.95. The highest BCUT2D eigenvalue weighted by molar-refractivity contribution is 6.44. The molecule has 0 bridgehead atoms. The molecular weight excluding hydrogens is 329 g/mol. The predicted octanol–water partition coefficient (Wildman–Crippen LogP) is 2.97. The number of halogens is 2. The fourth-order valence-electron chi connectivity index (χ4n) is 1.59. The number of aromatic nitrogens is 1. The number of methoxy groups -OCH3 is 1. The molecule has 8 heteroatoms. The van der Waals surface area contributed by atoms with Crippen molar-refractivity contribution in [2.45, 2.75) is 0 Å². The molecule has 1 aromatic heterocycles. The smallest absolute Gasteiger partial charge is 0.314 e. The van der Waals surface area contributed by atoms with E-state index >= 15 is 0 Å². The lowest BCUT2D eigenvalue weighted by Gasteiger charge is -2.09. The van der Waals surface area contributed by atoms with Crippen LogP contribution in [0.3, 0.4) is 0 Å². The number of hydrogen-bond donors (Lipinski definition) is 2. The van der Waals surface area contributed by atoms with Crippen LogP contribution in [0.15, 0.2) is 36.5 Å². The number of hydrogen-bond acceptors (Lipinski definition) is 4. The van der Waals surface area contributed by atoms with Gasteiger partial charge in [-0.1, -0.05) is 23.2 Å². The molecule has 0 unspecified atom stereocenters. The van der Waals surface area contributed by atoms with Gasteiger partial charge in [-0.25, -0.2) is 4.98 Å². The van der Waals surface area contributed by atoms with Crippen LogP contribution in [-0.4, -0.2) is 23.9 Å². The second-order valence-corrected chi connectivity index (χ2v) is 4.86. The summed E-state index contributed by atoms with van der Waals surface area (Å²) in [6.45, 7) is 0. The molecule has 114 valence electrons. The second-order valence-electron chi connectivity index (χ2n) is 4.10. The van der Waals surface area contributed by atoms with Crippen LogP contribution in [0.25, 0.3) is 0 Å². The Hall–Kier alpha value is -2.31. The number of benzene rings is 1. The summed E-state index contributed by atoms with van der Waals surface area (Å²) in [6, 6.07) is 7.73. The summed E-state index contributed by atoms with van der Waals surface area (Å²) in [7, 11) is 1.48. The van der Waals surface area contributed by atoms with Crippen molar-refractivity contribution < 1.29 is 14.3 Å². The quantitative estimate of drug-likeness (QED) is 0.665. The summed E-state index contributed by atoms with van der Waals surface area (Å²) < 4.78 is 5.00. The highest BCUT2D eigenvalue weighted by Gasteiger charge is 2.16. The van der Waals surface area contributed by atoms with Crippen LogP contribution in [0.4, 0.5) is 11.4 Å². The van der Waals surface area contributed by atoms with Crippen molar-refractivity contribution in [2.24, 2.45) is 0 Å². The van der Waals surface area contributed by atoms with E-state index in [9.17, 15) is 9.59 Å². The summed E-state index contributed by atoms with van der Waals surface area (Å²) >= 11 is 11.7. The number of carbonyl (C=O) groups excluding carboxylic acids is 2. The van der Waals surface area contributed by atoms with E-state index in [0.29, 0.717) is 16.5 Å². The van der Waals surface area contributed by atoms with Gasteiger partial charge in [0.25, 0.3) is 0 Å². The Labute approximate surface area is 136 Å². The molecule has 2 N–H and O–H groups in total. The molecule has 1 aromatic carbocycles. The lowest BCUT2D eigenvalue weighted by molar-refractivity contribution is -0.133. The minimum atomic E-state index is -0.873. The van der Waals surface area contributed by atoms with E-state index in [1.54, 1.807) is 18.2 Å². The highest BCUT2D eigenvalue weighted by atomic mass is 35.5. The number of rotatable bonds is 3. The maximum absolute atomic E-state index is 11.8. The lowest BCUT2D eigenvalue weighted by Crippen LogP contribution is -2.29. The summed E-state index contributed by atoms with van der Waals surface area (Å²) in [5.41, 5.74) is 0.611. The average molecular weight is 340 g/mol. The number of ether oxygens (including phenoxy) is 1. The molecule has 0 fully saturated rings. The standard InChI is InChI=1S/C14H11Cl2N3O3/c1-22-11-5-4-8(7-9(11)15)18-13(20)14(21)19-10-3-2-6-17-12(10)16/h2-7H,1H3,(H,18,20)(H,19,21). The molecule has 0 spiro atoms. The third-order valence-corrected chi connectivity index (χ3v) is 3.22. The van der Waals surface area contributed by atoms with E-state index in [2.05, 4.69) is 15.6 Å². The molecule has 1 heterocycles. The van der Waals surface area contributed by atoms with E-state index in [1.165, 1.54) is 25.4 Å². The van der Waals surface area contributed by atoms with Crippen molar-refractivity contribution in [3.05, 3.63) is 46.7 Å². The zero-order chi connectivity index (χ0) is 16.1. The lowest BCUT2D eigenvalue weighted by atomic mass is 10.3. The Kier molecular flexibility index (Phi) is 5.19. The van der Waals surface area contributed by atoms with Crippen molar-refractivity contribution in [3.8, 4) is 5.75 Å². The maximum atomic E-state index is 11.8. The molecule has 6 nitrogen and oxygen atoms in total. The third kappa shape index (κ3) is 3.87. The zero-order valence-corrected chi connectivity index (χ0v) is 12.9. The van der Waals surface area contributed by atoms with Gasteiger partial charge in [-0.05, 0) is 30.3 Å². The number of amides is 2. The third-order valence-electron chi connectivity index (χ3n) is 2.62. The maximum Gasteiger partial charge on any atom is 0.314 e. The second kappa shape index (κ2) is 7.11. The van der Waals surface area contributed by atoms with Gasteiger partial charge in [0.2, 0.25) is 0 Å². The van der Waals surface area contributed by atoms with E-state index in [1.807, 2.05) is 0 Å². The molecule has 22 heavy (non-hydrogen) atoms. The molecule has 0 aliphatic carbocycles. The van der Waals surface area contributed by atoms with Crippen LogP contribution in [-0.2, 0) is 9.59 Å². The molecule has 2 amide bonds. The van der Waals surface area contributed by atoms with Gasteiger partial charge >= 0.3 is 11.8 Å². The van der Waals surface area contributed by atoms with E-state index in [4.69, 9.17) is 27.9 Å². The van der Waals surface area contributed by atoms with Gasteiger partial charge in [0.15, 0.2) is 5.15 Å². The first-order valence-corrected chi connectivity index (χ1v) is 6.83. The number of nitrogens with zero attached hydrogens (tertiary/aromatic N) is 1. The Morgan fingerprint density at radius 3 is 2.50 bits per heavy atom. The summed E-state index contributed by atoms with van der Waals surface area (Å²) in [5, 5.41) is 5.19. The molecule has 2 rings (SSSR count). The molecular formula is C14H11Cl2N3O3. The Bertz CT molecular complexity index is 722. The molecule has 0 aliphatic rings. The van der Waals surface area contributed by atoms with Crippen molar-refractivity contribution in [1.29, 1.82) is 0 Å². The molecule has 0 radical (unpaired) electrons. The fourth-order valence-corrected chi connectivity index (χ4v) is 2.01. The monoisotopic (exact) mass is 339 g/mol. The first-order chi connectivity index (χ1) is 10.5. The van der Waals surface area contributed by atoms with Crippen molar-refractivity contribution in [3.63, 3.8) is 0 Å². The topological polar surface area (TPSA) is 80.3 Å². The van der Waals surface area contributed by atoms with Gasteiger partial charge in [0, 0.05) is 11.9 Å². The number of anilines is 2. The van der Waals surface area contributed by atoms with Gasteiger partial charge in [0.05, 0.1) is 17.8 Å². The minimum absolute atomic E-state index is 0.0936. The van der Waals surface area contributed by atoms with Crippen LogP contribution in [0, 0.1) is 0 Å². The Morgan fingerprint density at radius 2 is 1.86 bits per heavy atom. The van der Waals surface area contributed by atoms with Crippen LogP contribution >= 0.6 is 23.2 Å². The highest BCUT2D eigenvalue weighted by Crippen LogP contribution is 2.27. The largest absolute Gasteiger partial charge is 0.495 e. The number of carbonyl (C=O) groups is 2. The number of nitrogens with one attached hydrogen (secondary N) is 2. The Balaban J connectivity index is 2.04. The van der Waals surface area contributed by atoms with Crippen molar-refractivity contribution >= 4 is 46.4 Å². The first kappa shape index (κ1) is 16.1. The van der Waals surface area contributed by atoms with Gasteiger partial charge in [-0.2, -0.15) is 0 Å². The Morgan fingerprint density at radius 1 is 1.14 bits per heavy atom. The zero-order valence-electron chi connectivity index (χ0n) is 11.4. The first-order valence-electron chi connectivity index (χ1n) is 6.07. The van der Waals surface area contributed by atoms with Crippen LogP contribution < -0.4 is 15.4 Å². The summed E-state index contributed by atoms with van der Waals surface area (Å²) in [5.74, 6) is -1.27. The van der Waals surface area contributed by atoms with E-state index < -0.39 is 11.8 Å². The molecule has 0 saturated carbocycles. The molecule has 0 saturated heterocycles. The van der Waals surface area contributed by atoms with Gasteiger partial charge < -0.3 is 15.4 Å². The molecule has 2 aromatic rings. The van der Waals surface area contributed by atoms with E-state index in [-0.39, 0.29) is 10.8 Å². The van der Waals surface area contributed by atoms with E-state index in [0.717, 1.165) is 0 Å². The van der Waals surface area contributed by atoms with Gasteiger partial charge in [0.1, 0.15) is 5.75 Å². The minimum Gasteiger partial charge on any atom is -0.495 e. The molecule has 0 aliphatic heterocycles.